The second-order valence-electron chi connectivity index (χ2n) is 3.91. The smallest absolute Gasteiger partial charge is 0.278 e. The minimum absolute atomic E-state index is 0.113. The number of aromatic nitrogens is 3. The Hall–Kier alpha value is -2.61. The number of halogens is 1. The Morgan fingerprint density at radius 3 is 3.00 bits per heavy atom. The molecule has 0 unspecified atom stereocenters. The molecule has 0 saturated carbocycles. The minimum Gasteiger partial charge on any atom is -0.321 e. The molecule has 3 rings (SSSR count). The molecule has 8 heteroatoms. The van der Waals surface area contributed by atoms with Crippen LogP contribution in [0.25, 0.3) is 11.0 Å². The molecule has 0 aliphatic carbocycles. The van der Waals surface area contributed by atoms with Crippen molar-refractivity contribution < 1.29 is 9.18 Å². The van der Waals surface area contributed by atoms with E-state index in [2.05, 4.69) is 19.7 Å². The number of hydrogen-bond donors (Lipinski definition) is 2. The summed E-state index contributed by atoms with van der Waals surface area (Å²) in [6, 6.07) is 5.52. The van der Waals surface area contributed by atoms with Gasteiger partial charge in [0.1, 0.15) is 16.2 Å². The average Bonchev–Trinajstić information content (AvgIpc) is 2.84. The molecule has 100 valence electrons. The first-order valence-corrected chi connectivity index (χ1v) is 6.32. The molecule has 0 aliphatic rings. The number of aromatic amines is 1. The van der Waals surface area contributed by atoms with E-state index in [-0.39, 0.29) is 15.9 Å². The Bertz CT molecular complexity index is 858. The maximum absolute atomic E-state index is 13.0. The molecule has 2 heterocycles. The van der Waals surface area contributed by atoms with Gasteiger partial charge in [0.25, 0.3) is 11.5 Å². The van der Waals surface area contributed by atoms with Crippen LogP contribution in [-0.2, 0) is 0 Å². The van der Waals surface area contributed by atoms with E-state index in [1.165, 1.54) is 24.5 Å². The Kier molecular flexibility index (Phi) is 2.99. The summed E-state index contributed by atoms with van der Waals surface area (Å²) in [7, 11) is 0. The van der Waals surface area contributed by atoms with Gasteiger partial charge < -0.3 is 10.3 Å². The summed E-state index contributed by atoms with van der Waals surface area (Å²) in [4.78, 5) is 30.1. The van der Waals surface area contributed by atoms with E-state index in [0.717, 1.165) is 11.5 Å². The van der Waals surface area contributed by atoms with Crippen LogP contribution < -0.4 is 10.9 Å². The standard InChI is InChI=1S/C12H7FN4O2S/c13-6-2-1-3-7(4-6)16-12(19)10-8-9(17-20-10)11(18)15-5-14-8/h1-5H,(H,16,19)(H,14,15,18). The molecule has 0 bridgehead atoms. The molecule has 3 aromatic rings. The molecular formula is C12H7FN4O2S. The summed E-state index contributed by atoms with van der Waals surface area (Å²) in [6.07, 6.45) is 1.21. The van der Waals surface area contributed by atoms with Crippen LogP contribution in [-0.4, -0.2) is 20.2 Å². The number of benzene rings is 1. The molecule has 2 aromatic heterocycles. The molecule has 20 heavy (non-hydrogen) atoms. The maximum Gasteiger partial charge on any atom is 0.278 e. The molecular weight excluding hydrogens is 283 g/mol. The molecule has 1 aromatic carbocycles. The monoisotopic (exact) mass is 290 g/mol. The summed E-state index contributed by atoms with van der Waals surface area (Å²) < 4.78 is 16.9. The van der Waals surface area contributed by atoms with Crippen molar-refractivity contribution in [1.29, 1.82) is 0 Å². The number of rotatable bonds is 2. The molecule has 0 atom stereocenters. The highest BCUT2D eigenvalue weighted by Crippen LogP contribution is 2.19. The summed E-state index contributed by atoms with van der Waals surface area (Å²) >= 11 is 0.870. The topological polar surface area (TPSA) is 87.7 Å². The van der Waals surface area contributed by atoms with Gasteiger partial charge in [-0.1, -0.05) is 6.07 Å². The largest absolute Gasteiger partial charge is 0.321 e. The van der Waals surface area contributed by atoms with Crippen LogP contribution >= 0.6 is 11.5 Å². The second kappa shape index (κ2) is 4.82. The predicted molar refractivity (Wildman–Crippen MR) is 72.4 cm³/mol. The third-order valence-electron chi connectivity index (χ3n) is 2.56. The summed E-state index contributed by atoms with van der Waals surface area (Å²) in [5.74, 6) is -0.937. The molecule has 0 spiro atoms. The van der Waals surface area contributed by atoms with Gasteiger partial charge in [0.2, 0.25) is 0 Å². The lowest BCUT2D eigenvalue weighted by Crippen LogP contribution is -2.12. The summed E-state index contributed by atoms with van der Waals surface area (Å²) in [6.45, 7) is 0. The van der Waals surface area contributed by atoms with Crippen molar-refractivity contribution in [3.63, 3.8) is 0 Å². The van der Waals surface area contributed by atoms with E-state index in [9.17, 15) is 14.0 Å². The van der Waals surface area contributed by atoms with Crippen LogP contribution in [0.5, 0.6) is 0 Å². The normalized spacial score (nSPS) is 10.7. The van der Waals surface area contributed by atoms with Gasteiger partial charge in [0, 0.05) is 5.69 Å². The molecule has 0 radical (unpaired) electrons. The van der Waals surface area contributed by atoms with Gasteiger partial charge in [-0.25, -0.2) is 9.37 Å². The van der Waals surface area contributed by atoms with Gasteiger partial charge in [0.05, 0.1) is 6.33 Å². The van der Waals surface area contributed by atoms with E-state index < -0.39 is 17.3 Å². The number of hydrogen-bond acceptors (Lipinski definition) is 5. The lowest BCUT2D eigenvalue weighted by Gasteiger charge is -2.03. The van der Waals surface area contributed by atoms with Crippen LogP contribution in [0.1, 0.15) is 9.67 Å². The zero-order chi connectivity index (χ0) is 14.1. The first-order valence-electron chi connectivity index (χ1n) is 5.55. The highest BCUT2D eigenvalue weighted by Gasteiger charge is 2.17. The van der Waals surface area contributed by atoms with Crippen molar-refractivity contribution in [2.75, 3.05) is 5.32 Å². The van der Waals surface area contributed by atoms with Gasteiger partial charge >= 0.3 is 0 Å². The van der Waals surface area contributed by atoms with E-state index in [1.54, 1.807) is 6.07 Å². The maximum atomic E-state index is 13.0. The third kappa shape index (κ3) is 2.16. The van der Waals surface area contributed by atoms with Crippen molar-refractivity contribution >= 4 is 34.2 Å². The van der Waals surface area contributed by atoms with Crippen LogP contribution in [0.3, 0.4) is 0 Å². The van der Waals surface area contributed by atoms with E-state index in [4.69, 9.17) is 0 Å². The lowest BCUT2D eigenvalue weighted by molar-refractivity contribution is 0.103. The Morgan fingerprint density at radius 1 is 1.35 bits per heavy atom. The Morgan fingerprint density at radius 2 is 2.20 bits per heavy atom. The van der Waals surface area contributed by atoms with Crippen molar-refractivity contribution in [1.82, 2.24) is 14.3 Å². The lowest BCUT2D eigenvalue weighted by atomic mass is 10.3. The van der Waals surface area contributed by atoms with Gasteiger partial charge in [-0.15, -0.1) is 0 Å². The highest BCUT2D eigenvalue weighted by molar-refractivity contribution is 7.09. The molecule has 6 nitrogen and oxygen atoms in total. The van der Waals surface area contributed by atoms with E-state index in [0.29, 0.717) is 5.69 Å². The van der Waals surface area contributed by atoms with Crippen LogP contribution in [0.15, 0.2) is 35.4 Å². The van der Waals surface area contributed by atoms with E-state index in [1.807, 2.05) is 0 Å². The van der Waals surface area contributed by atoms with Gasteiger partial charge in [-0.3, -0.25) is 9.59 Å². The Balaban J connectivity index is 1.97. The molecule has 1 amide bonds. The summed E-state index contributed by atoms with van der Waals surface area (Å²) in [5.41, 5.74) is 0.256. The number of amides is 1. The predicted octanol–water partition coefficient (Wildman–Crippen LogP) is 1.77. The van der Waals surface area contributed by atoms with Crippen molar-refractivity contribution in [3.8, 4) is 0 Å². The zero-order valence-electron chi connectivity index (χ0n) is 9.88. The first-order chi connectivity index (χ1) is 9.65. The number of fused-ring (bicyclic) bond motifs is 1. The number of carbonyl (C=O) groups is 1. The zero-order valence-corrected chi connectivity index (χ0v) is 10.7. The molecule has 2 N–H and O–H groups in total. The van der Waals surface area contributed by atoms with Crippen molar-refractivity contribution in [2.24, 2.45) is 0 Å². The van der Waals surface area contributed by atoms with Crippen molar-refractivity contribution in [3.05, 3.63) is 51.6 Å². The average molecular weight is 290 g/mol. The number of H-pyrrole nitrogens is 1. The van der Waals surface area contributed by atoms with Gasteiger partial charge in [-0.05, 0) is 29.7 Å². The number of nitrogens with one attached hydrogen (secondary N) is 2. The second-order valence-corrected chi connectivity index (χ2v) is 4.68. The quantitative estimate of drug-likeness (QED) is 0.753. The highest BCUT2D eigenvalue weighted by atomic mass is 32.1. The fourth-order valence-corrected chi connectivity index (χ4v) is 2.40. The van der Waals surface area contributed by atoms with E-state index >= 15 is 0 Å². The molecule has 0 saturated heterocycles. The fraction of sp³-hybridized carbons (Fsp3) is 0. The first kappa shape index (κ1) is 12.4. The minimum atomic E-state index is -0.485. The summed E-state index contributed by atoms with van der Waals surface area (Å²) in [5, 5.41) is 2.54. The van der Waals surface area contributed by atoms with Gasteiger partial charge in [0.15, 0.2) is 5.52 Å². The third-order valence-corrected chi connectivity index (χ3v) is 3.40. The van der Waals surface area contributed by atoms with Crippen LogP contribution in [0.2, 0.25) is 0 Å². The molecule has 0 fully saturated rings. The van der Waals surface area contributed by atoms with Gasteiger partial charge in [-0.2, -0.15) is 4.37 Å². The fourth-order valence-electron chi connectivity index (χ4n) is 1.68. The SMILES string of the molecule is O=C(Nc1cccc(F)c1)c1snc2c(=O)[nH]cnc12. The van der Waals surface area contributed by atoms with Crippen LogP contribution in [0.4, 0.5) is 10.1 Å². The Labute approximate surface area is 115 Å². The number of nitrogens with zero attached hydrogens (tertiary/aromatic N) is 2. The van der Waals surface area contributed by atoms with Crippen molar-refractivity contribution in [2.45, 2.75) is 0 Å². The number of carbonyl (C=O) groups excluding carboxylic acids is 1. The number of anilines is 1. The van der Waals surface area contributed by atoms with Crippen LogP contribution in [0, 0.1) is 5.82 Å². The molecule has 0 aliphatic heterocycles.